The third kappa shape index (κ3) is 3.69. The number of thiol groups is 1. The van der Waals surface area contributed by atoms with Crippen LogP contribution in [0.15, 0.2) is 22.7 Å². The number of nitrogens with one attached hydrogen (secondary N) is 1. The molecule has 0 aromatic heterocycles. The van der Waals surface area contributed by atoms with Gasteiger partial charge >= 0.3 is 6.18 Å². The van der Waals surface area contributed by atoms with Crippen molar-refractivity contribution in [2.75, 3.05) is 11.1 Å². The van der Waals surface area contributed by atoms with E-state index < -0.39 is 11.7 Å². The fraction of sp³-hybridized carbons (Fsp3) is 0.462. The minimum Gasteiger partial charge on any atom is -0.325 e. The highest BCUT2D eigenvalue weighted by molar-refractivity contribution is 9.10. The Morgan fingerprint density at radius 2 is 2.05 bits per heavy atom. The van der Waals surface area contributed by atoms with E-state index in [1.165, 1.54) is 6.07 Å². The molecule has 0 aliphatic heterocycles. The number of amides is 1. The third-order valence-electron chi connectivity index (χ3n) is 3.40. The molecule has 0 heterocycles. The lowest BCUT2D eigenvalue weighted by atomic mass is 10.0. The molecule has 0 bridgehead atoms. The molecule has 1 fully saturated rings. The summed E-state index contributed by atoms with van der Waals surface area (Å²) in [7, 11) is 0. The molecule has 2 nitrogen and oxygen atoms in total. The van der Waals surface area contributed by atoms with Gasteiger partial charge in [0.2, 0.25) is 5.91 Å². The highest BCUT2D eigenvalue weighted by atomic mass is 79.9. The standard InChI is InChI=1S/C13H13BrF3NOS/c14-9-2-1-8(13(15,16)17)5-10(9)18-11(19)6-12(7-20)3-4-12/h1-2,5,20H,3-4,6-7H2,(H,18,19). The van der Waals surface area contributed by atoms with E-state index in [0.717, 1.165) is 25.0 Å². The first-order chi connectivity index (χ1) is 9.26. The Bertz CT molecular complexity index is 529. The molecule has 2 rings (SSSR count). The van der Waals surface area contributed by atoms with Crippen LogP contribution in [0.3, 0.4) is 0 Å². The number of carbonyl (C=O) groups is 1. The normalized spacial score (nSPS) is 16.9. The molecular formula is C13H13BrF3NOS. The number of halogens is 4. The van der Waals surface area contributed by atoms with Gasteiger partial charge in [0, 0.05) is 10.9 Å². The summed E-state index contributed by atoms with van der Waals surface area (Å²) in [6.07, 6.45) is -2.26. The molecule has 1 aromatic rings. The summed E-state index contributed by atoms with van der Waals surface area (Å²) in [5.74, 6) is 0.334. The number of anilines is 1. The average molecular weight is 368 g/mol. The van der Waals surface area contributed by atoms with Crippen molar-refractivity contribution in [3.05, 3.63) is 28.2 Å². The Kier molecular flexibility index (Phi) is 4.39. The van der Waals surface area contributed by atoms with Crippen LogP contribution in [0.25, 0.3) is 0 Å². The zero-order valence-electron chi connectivity index (χ0n) is 10.4. The van der Waals surface area contributed by atoms with Crippen molar-refractivity contribution in [3.8, 4) is 0 Å². The number of alkyl halides is 3. The maximum atomic E-state index is 12.6. The van der Waals surface area contributed by atoms with E-state index in [4.69, 9.17) is 0 Å². The smallest absolute Gasteiger partial charge is 0.325 e. The van der Waals surface area contributed by atoms with Gasteiger partial charge in [0.05, 0.1) is 11.3 Å². The van der Waals surface area contributed by atoms with Crippen LogP contribution >= 0.6 is 28.6 Å². The Morgan fingerprint density at radius 3 is 2.55 bits per heavy atom. The van der Waals surface area contributed by atoms with Crippen molar-refractivity contribution in [2.24, 2.45) is 5.41 Å². The number of hydrogen-bond acceptors (Lipinski definition) is 2. The number of rotatable bonds is 4. The Labute approximate surface area is 128 Å². The van der Waals surface area contributed by atoms with Gasteiger partial charge in [-0.1, -0.05) is 0 Å². The second-order valence-corrected chi connectivity index (χ2v) is 6.25. The predicted molar refractivity (Wildman–Crippen MR) is 77.9 cm³/mol. The first kappa shape index (κ1) is 15.7. The maximum Gasteiger partial charge on any atom is 0.416 e. The maximum absolute atomic E-state index is 12.6. The third-order valence-corrected chi connectivity index (χ3v) is 4.76. The lowest BCUT2D eigenvalue weighted by Crippen LogP contribution is -2.19. The minimum atomic E-state index is -4.43. The monoisotopic (exact) mass is 367 g/mol. The van der Waals surface area contributed by atoms with Crippen molar-refractivity contribution < 1.29 is 18.0 Å². The quantitative estimate of drug-likeness (QED) is 0.753. The van der Waals surface area contributed by atoms with E-state index >= 15 is 0 Å². The van der Waals surface area contributed by atoms with E-state index in [9.17, 15) is 18.0 Å². The number of hydrogen-bond donors (Lipinski definition) is 2. The van der Waals surface area contributed by atoms with Crippen LogP contribution in [0, 0.1) is 5.41 Å². The molecule has 0 unspecified atom stereocenters. The van der Waals surface area contributed by atoms with Crippen molar-refractivity contribution in [1.82, 2.24) is 0 Å². The van der Waals surface area contributed by atoms with Gasteiger partial charge in [0.25, 0.3) is 0 Å². The molecule has 20 heavy (non-hydrogen) atoms. The zero-order chi connectivity index (χ0) is 15.0. The lowest BCUT2D eigenvalue weighted by Gasteiger charge is -2.14. The molecule has 110 valence electrons. The van der Waals surface area contributed by atoms with Crippen LogP contribution in [0.1, 0.15) is 24.8 Å². The van der Waals surface area contributed by atoms with Crippen LogP contribution in [0.2, 0.25) is 0 Å². The SMILES string of the molecule is O=C(CC1(CS)CC1)Nc1cc(C(F)(F)F)ccc1Br. The van der Waals surface area contributed by atoms with Crippen LogP contribution in [-0.4, -0.2) is 11.7 Å². The van der Waals surface area contributed by atoms with Crippen molar-refractivity contribution in [1.29, 1.82) is 0 Å². The lowest BCUT2D eigenvalue weighted by molar-refractivity contribution is -0.137. The number of benzene rings is 1. The second-order valence-electron chi connectivity index (χ2n) is 5.08. The molecule has 1 aliphatic rings. The predicted octanol–water partition coefficient (Wildman–Crippen LogP) is 4.51. The van der Waals surface area contributed by atoms with Gasteiger partial charge in [-0.05, 0) is 58.1 Å². The van der Waals surface area contributed by atoms with Crippen molar-refractivity contribution >= 4 is 40.2 Å². The van der Waals surface area contributed by atoms with Gasteiger partial charge in [-0.3, -0.25) is 4.79 Å². The summed E-state index contributed by atoms with van der Waals surface area (Å²) < 4.78 is 38.3. The summed E-state index contributed by atoms with van der Waals surface area (Å²) >= 11 is 7.34. The van der Waals surface area contributed by atoms with Crippen molar-refractivity contribution in [3.63, 3.8) is 0 Å². The molecule has 0 radical (unpaired) electrons. The van der Waals surface area contributed by atoms with Crippen LogP contribution < -0.4 is 5.32 Å². The highest BCUT2D eigenvalue weighted by Gasteiger charge is 2.43. The van der Waals surface area contributed by atoms with Gasteiger partial charge in [0.15, 0.2) is 0 Å². The fourth-order valence-corrected chi connectivity index (χ4v) is 2.67. The number of carbonyl (C=O) groups excluding carboxylic acids is 1. The van der Waals surface area contributed by atoms with Crippen molar-refractivity contribution in [2.45, 2.75) is 25.4 Å². The molecule has 0 saturated heterocycles. The Morgan fingerprint density at radius 1 is 1.40 bits per heavy atom. The Hall–Kier alpha value is -0.690. The highest BCUT2D eigenvalue weighted by Crippen LogP contribution is 2.49. The molecule has 1 saturated carbocycles. The summed E-state index contributed by atoms with van der Waals surface area (Å²) in [4.78, 5) is 11.9. The molecule has 1 aliphatic carbocycles. The van der Waals surface area contributed by atoms with Crippen LogP contribution in [-0.2, 0) is 11.0 Å². The van der Waals surface area contributed by atoms with Gasteiger partial charge in [0.1, 0.15) is 0 Å². The van der Waals surface area contributed by atoms with Gasteiger partial charge < -0.3 is 5.32 Å². The van der Waals surface area contributed by atoms with Gasteiger partial charge in [-0.25, -0.2) is 0 Å². The topological polar surface area (TPSA) is 29.1 Å². The van der Waals surface area contributed by atoms with Gasteiger partial charge in [-0.15, -0.1) is 0 Å². The fourth-order valence-electron chi connectivity index (χ4n) is 1.90. The van der Waals surface area contributed by atoms with Gasteiger partial charge in [-0.2, -0.15) is 25.8 Å². The average Bonchev–Trinajstić information content (AvgIpc) is 3.11. The second kappa shape index (κ2) is 5.60. The molecule has 1 aromatic carbocycles. The first-order valence-electron chi connectivity index (χ1n) is 6.03. The zero-order valence-corrected chi connectivity index (χ0v) is 12.9. The molecule has 0 atom stereocenters. The molecule has 1 N–H and O–H groups in total. The minimum absolute atomic E-state index is 0.0681. The summed E-state index contributed by atoms with van der Waals surface area (Å²) in [6.45, 7) is 0. The van der Waals surface area contributed by atoms with E-state index in [0.29, 0.717) is 16.6 Å². The molecule has 1 amide bonds. The van der Waals surface area contributed by atoms with E-state index in [1.807, 2.05) is 0 Å². The summed E-state index contributed by atoms with van der Waals surface area (Å²) in [5, 5.41) is 2.53. The molecular weight excluding hydrogens is 355 g/mol. The first-order valence-corrected chi connectivity index (χ1v) is 7.46. The van der Waals surface area contributed by atoms with E-state index in [1.54, 1.807) is 0 Å². The van der Waals surface area contributed by atoms with E-state index in [-0.39, 0.29) is 17.0 Å². The largest absolute Gasteiger partial charge is 0.416 e. The van der Waals surface area contributed by atoms with Crippen LogP contribution in [0.4, 0.5) is 18.9 Å². The molecule has 7 heteroatoms. The summed E-state index contributed by atoms with van der Waals surface area (Å²) in [5.41, 5.74) is -0.715. The molecule has 0 spiro atoms. The van der Waals surface area contributed by atoms with Crippen LogP contribution in [0.5, 0.6) is 0 Å². The Balaban J connectivity index is 2.10. The van der Waals surface area contributed by atoms with E-state index in [2.05, 4.69) is 33.9 Å². The summed E-state index contributed by atoms with van der Waals surface area (Å²) in [6, 6.07) is 3.18.